The van der Waals surface area contributed by atoms with Gasteiger partial charge in [-0.2, -0.15) is 5.26 Å². The van der Waals surface area contributed by atoms with Crippen LogP contribution in [-0.2, 0) is 0 Å². The van der Waals surface area contributed by atoms with E-state index in [-0.39, 0.29) is 0 Å². The summed E-state index contributed by atoms with van der Waals surface area (Å²) in [5.41, 5.74) is 1.46. The Morgan fingerprint density at radius 3 is 2.71 bits per heavy atom. The zero-order valence-electron chi connectivity index (χ0n) is 8.78. The molecule has 1 aromatic heterocycles. The Morgan fingerprint density at radius 1 is 1.43 bits per heavy atom. The molecule has 0 aliphatic heterocycles. The minimum atomic E-state index is 0.339. The zero-order valence-corrected chi connectivity index (χ0v) is 8.78. The standard InChI is InChI=1S/C11H15N3/c1-8(2)9(3)14-11-7-13-5-4-10(11)6-12/h4-5,7-9,14H,1-3H3. The summed E-state index contributed by atoms with van der Waals surface area (Å²) in [6.45, 7) is 6.37. The van der Waals surface area contributed by atoms with Crippen molar-refractivity contribution >= 4 is 5.69 Å². The van der Waals surface area contributed by atoms with Crippen molar-refractivity contribution in [2.24, 2.45) is 5.92 Å². The summed E-state index contributed by atoms with van der Waals surface area (Å²) in [6.07, 6.45) is 3.32. The topological polar surface area (TPSA) is 48.7 Å². The van der Waals surface area contributed by atoms with Crippen LogP contribution < -0.4 is 5.32 Å². The Hall–Kier alpha value is -1.56. The summed E-state index contributed by atoms with van der Waals surface area (Å²) in [6, 6.07) is 4.19. The minimum Gasteiger partial charge on any atom is -0.380 e. The number of hydrogen-bond donors (Lipinski definition) is 1. The van der Waals surface area contributed by atoms with Crippen LogP contribution in [-0.4, -0.2) is 11.0 Å². The van der Waals surface area contributed by atoms with Gasteiger partial charge in [0.15, 0.2) is 0 Å². The van der Waals surface area contributed by atoms with E-state index in [1.54, 1.807) is 18.5 Å². The second-order valence-corrected chi connectivity index (χ2v) is 3.71. The molecular weight excluding hydrogens is 174 g/mol. The number of hydrogen-bond acceptors (Lipinski definition) is 3. The lowest BCUT2D eigenvalue weighted by Crippen LogP contribution is -2.22. The van der Waals surface area contributed by atoms with Crippen molar-refractivity contribution in [2.45, 2.75) is 26.8 Å². The molecule has 0 radical (unpaired) electrons. The van der Waals surface area contributed by atoms with Crippen molar-refractivity contribution < 1.29 is 0 Å². The molecule has 1 atom stereocenters. The molecule has 74 valence electrons. The lowest BCUT2D eigenvalue weighted by atomic mass is 10.1. The van der Waals surface area contributed by atoms with Crippen LogP contribution in [0.3, 0.4) is 0 Å². The molecule has 0 spiro atoms. The second-order valence-electron chi connectivity index (χ2n) is 3.71. The first kappa shape index (κ1) is 10.5. The normalized spacial score (nSPS) is 12.2. The van der Waals surface area contributed by atoms with E-state index in [9.17, 15) is 0 Å². The molecule has 0 bridgehead atoms. The number of rotatable bonds is 3. The number of pyridine rings is 1. The summed E-state index contributed by atoms with van der Waals surface area (Å²) in [7, 11) is 0. The third-order valence-electron chi connectivity index (χ3n) is 2.32. The van der Waals surface area contributed by atoms with Crippen molar-refractivity contribution in [2.75, 3.05) is 5.32 Å². The van der Waals surface area contributed by atoms with Gasteiger partial charge in [0.25, 0.3) is 0 Å². The van der Waals surface area contributed by atoms with E-state index < -0.39 is 0 Å². The Labute approximate surface area is 84.8 Å². The largest absolute Gasteiger partial charge is 0.380 e. The zero-order chi connectivity index (χ0) is 10.6. The van der Waals surface area contributed by atoms with Gasteiger partial charge in [-0.3, -0.25) is 4.98 Å². The fourth-order valence-electron chi connectivity index (χ4n) is 1.02. The molecule has 0 fully saturated rings. The molecule has 0 aliphatic rings. The van der Waals surface area contributed by atoms with Crippen molar-refractivity contribution in [3.8, 4) is 6.07 Å². The number of nitrogens with zero attached hydrogens (tertiary/aromatic N) is 2. The van der Waals surface area contributed by atoms with E-state index in [2.05, 4.69) is 37.1 Å². The maximum Gasteiger partial charge on any atom is 0.101 e. The Kier molecular flexibility index (Phi) is 3.47. The van der Waals surface area contributed by atoms with Gasteiger partial charge in [0, 0.05) is 12.2 Å². The summed E-state index contributed by atoms with van der Waals surface area (Å²) >= 11 is 0. The fourth-order valence-corrected chi connectivity index (χ4v) is 1.02. The number of anilines is 1. The molecule has 14 heavy (non-hydrogen) atoms. The third kappa shape index (κ3) is 2.46. The first-order chi connectivity index (χ1) is 6.65. The van der Waals surface area contributed by atoms with Crippen molar-refractivity contribution in [3.63, 3.8) is 0 Å². The van der Waals surface area contributed by atoms with E-state index in [0.717, 1.165) is 5.69 Å². The van der Waals surface area contributed by atoms with Crippen LogP contribution in [0, 0.1) is 17.2 Å². The van der Waals surface area contributed by atoms with Crippen LogP contribution >= 0.6 is 0 Å². The lowest BCUT2D eigenvalue weighted by Gasteiger charge is -2.18. The van der Waals surface area contributed by atoms with E-state index >= 15 is 0 Å². The average Bonchev–Trinajstić information content (AvgIpc) is 2.18. The smallest absolute Gasteiger partial charge is 0.101 e. The monoisotopic (exact) mass is 189 g/mol. The number of nitrogens with one attached hydrogen (secondary N) is 1. The molecule has 0 saturated heterocycles. The molecule has 0 saturated carbocycles. The number of nitriles is 1. The third-order valence-corrected chi connectivity index (χ3v) is 2.32. The summed E-state index contributed by atoms with van der Waals surface area (Å²) in [5.74, 6) is 0.529. The summed E-state index contributed by atoms with van der Waals surface area (Å²) in [4.78, 5) is 3.99. The van der Waals surface area contributed by atoms with Crippen LogP contribution in [0.1, 0.15) is 26.3 Å². The summed E-state index contributed by atoms with van der Waals surface area (Å²) in [5, 5.41) is 12.1. The summed E-state index contributed by atoms with van der Waals surface area (Å²) < 4.78 is 0. The molecule has 1 rings (SSSR count). The molecule has 0 amide bonds. The van der Waals surface area contributed by atoms with Crippen LogP contribution in [0.5, 0.6) is 0 Å². The van der Waals surface area contributed by atoms with E-state index in [0.29, 0.717) is 17.5 Å². The fraction of sp³-hybridized carbons (Fsp3) is 0.455. The van der Waals surface area contributed by atoms with Gasteiger partial charge in [0.05, 0.1) is 17.4 Å². The van der Waals surface area contributed by atoms with Crippen molar-refractivity contribution in [1.29, 1.82) is 5.26 Å². The molecule has 0 aliphatic carbocycles. The molecule has 1 N–H and O–H groups in total. The molecule has 1 aromatic rings. The van der Waals surface area contributed by atoms with Gasteiger partial charge in [-0.25, -0.2) is 0 Å². The van der Waals surface area contributed by atoms with Gasteiger partial charge >= 0.3 is 0 Å². The quantitative estimate of drug-likeness (QED) is 0.794. The second kappa shape index (κ2) is 4.61. The minimum absolute atomic E-state index is 0.339. The first-order valence-corrected chi connectivity index (χ1v) is 4.75. The van der Waals surface area contributed by atoms with Crippen LogP contribution in [0.15, 0.2) is 18.5 Å². The predicted octanol–water partition coefficient (Wildman–Crippen LogP) is 2.41. The van der Waals surface area contributed by atoms with Crippen molar-refractivity contribution in [3.05, 3.63) is 24.0 Å². The van der Waals surface area contributed by atoms with Crippen LogP contribution in [0.2, 0.25) is 0 Å². The van der Waals surface area contributed by atoms with E-state index in [4.69, 9.17) is 5.26 Å². The van der Waals surface area contributed by atoms with E-state index in [1.807, 2.05) is 0 Å². The Balaban J connectivity index is 2.82. The predicted molar refractivity (Wildman–Crippen MR) is 56.9 cm³/mol. The molecular formula is C11H15N3. The van der Waals surface area contributed by atoms with Crippen molar-refractivity contribution in [1.82, 2.24) is 4.98 Å². The molecule has 1 unspecified atom stereocenters. The van der Waals surface area contributed by atoms with E-state index in [1.165, 1.54) is 0 Å². The molecule has 1 heterocycles. The van der Waals surface area contributed by atoms with Crippen LogP contribution in [0.4, 0.5) is 5.69 Å². The average molecular weight is 189 g/mol. The van der Waals surface area contributed by atoms with Gasteiger partial charge in [-0.1, -0.05) is 13.8 Å². The highest BCUT2D eigenvalue weighted by molar-refractivity contribution is 5.55. The maximum absolute atomic E-state index is 8.85. The molecule has 3 nitrogen and oxygen atoms in total. The highest BCUT2D eigenvalue weighted by Crippen LogP contribution is 2.15. The SMILES string of the molecule is CC(C)C(C)Nc1cnccc1C#N. The van der Waals surface area contributed by atoms with Gasteiger partial charge in [0.2, 0.25) is 0 Å². The lowest BCUT2D eigenvalue weighted by molar-refractivity contribution is 0.559. The van der Waals surface area contributed by atoms with Gasteiger partial charge < -0.3 is 5.32 Å². The Morgan fingerprint density at radius 2 is 2.14 bits per heavy atom. The highest BCUT2D eigenvalue weighted by atomic mass is 14.9. The molecule has 3 heteroatoms. The van der Waals surface area contributed by atoms with Crippen LogP contribution in [0.25, 0.3) is 0 Å². The van der Waals surface area contributed by atoms with Gasteiger partial charge in [-0.05, 0) is 18.9 Å². The van der Waals surface area contributed by atoms with Gasteiger partial charge in [-0.15, -0.1) is 0 Å². The maximum atomic E-state index is 8.85. The van der Waals surface area contributed by atoms with Gasteiger partial charge in [0.1, 0.15) is 6.07 Å². The number of aromatic nitrogens is 1. The Bertz CT molecular complexity index is 339. The first-order valence-electron chi connectivity index (χ1n) is 4.75. The molecule has 0 aromatic carbocycles. The highest BCUT2D eigenvalue weighted by Gasteiger charge is 2.08.